The van der Waals surface area contributed by atoms with E-state index < -0.39 is 10.0 Å². The third-order valence-corrected chi connectivity index (χ3v) is 8.29. The van der Waals surface area contributed by atoms with Gasteiger partial charge in [0.25, 0.3) is 5.91 Å². The lowest BCUT2D eigenvalue weighted by atomic mass is 9.96. The minimum Gasteiger partial charge on any atom is -0.346 e. The van der Waals surface area contributed by atoms with Gasteiger partial charge in [-0.15, -0.1) is 0 Å². The molecule has 2 atom stereocenters. The number of piperidine rings is 1. The number of hydrogen-bond acceptors (Lipinski definition) is 5. The van der Waals surface area contributed by atoms with E-state index in [-0.39, 0.29) is 29.8 Å². The lowest BCUT2D eigenvalue weighted by Gasteiger charge is -2.43. The zero-order valence-corrected chi connectivity index (χ0v) is 15.9. The summed E-state index contributed by atoms with van der Waals surface area (Å²) in [5, 5.41) is 0.739. The average Bonchev–Trinajstić information content (AvgIpc) is 3.23. The zero-order chi connectivity index (χ0) is 18.6. The van der Waals surface area contributed by atoms with Crippen LogP contribution in [-0.4, -0.2) is 68.9 Å². The molecule has 2 bridgehead atoms. The summed E-state index contributed by atoms with van der Waals surface area (Å²) in [6.45, 7) is 0.621. The second-order valence-electron chi connectivity index (χ2n) is 7.82. The monoisotopic (exact) mass is 389 g/mol. The molecule has 3 aliphatic rings. The number of aromatic amines is 1. The molecule has 0 aromatic carbocycles. The molecule has 0 spiro atoms. The second kappa shape index (κ2) is 6.27. The molecule has 27 heavy (non-hydrogen) atoms. The zero-order valence-electron chi connectivity index (χ0n) is 15.0. The molecule has 3 fully saturated rings. The number of nitrogens with zero attached hydrogens (tertiary/aromatic N) is 4. The highest BCUT2D eigenvalue weighted by atomic mass is 32.2. The Morgan fingerprint density at radius 1 is 1.11 bits per heavy atom. The molecule has 2 aromatic heterocycles. The molecule has 1 amide bonds. The van der Waals surface area contributed by atoms with Crippen molar-refractivity contribution in [3.05, 3.63) is 24.3 Å². The number of sulfonamides is 1. The Bertz CT molecular complexity index is 974. The molecule has 144 valence electrons. The summed E-state index contributed by atoms with van der Waals surface area (Å²) in [4.78, 5) is 26.7. The van der Waals surface area contributed by atoms with Gasteiger partial charge < -0.3 is 9.88 Å². The van der Waals surface area contributed by atoms with E-state index in [9.17, 15) is 13.2 Å². The fourth-order valence-electron chi connectivity index (χ4n) is 5.10. The first-order chi connectivity index (χ1) is 13.0. The first kappa shape index (κ1) is 17.1. The number of rotatable bonds is 2. The summed E-state index contributed by atoms with van der Waals surface area (Å²) in [5.74, 6) is 0.197. The standard InChI is InChI=1S/C18H23N5O3S/c24-18(16-15-5-6-19-17(15)21-11-20-16)23-12-3-4-13(23)10-14(9-12)22-7-1-2-8-27(22,25)26/h5-6,11-14H,1-4,7-10H2,(H,19,20,21). The molecule has 2 aromatic rings. The number of H-pyrrole nitrogens is 1. The largest absolute Gasteiger partial charge is 0.346 e. The van der Waals surface area contributed by atoms with Gasteiger partial charge in [0.2, 0.25) is 10.0 Å². The van der Waals surface area contributed by atoms with Gasteiger partial charge in [-0.1, -0.05) is 0 Å². The summed E-state index contributed by atoms with van der Waals surface area (Å²) in [6.07, 6.45) is 8.18. The van der Waals surface area contributed by atoms with Crippen molar-refractivity contribution in [2.24, 2.45) is 0 Å². The first-order valence-electron chi connectivity index (χ1n) is 9.65. The van der Waals surface area contributed by atoms with Crippen LogP contribution in [0.25, 0.3) is 11.0 Å². The smallest absolute Gasteiger partial charge is 0.273 e. The van der Waals surface area contributed by atoms with Crippen LogP contribution in [0.5, 0.6) is 0 Å². The maximum absolute atomic E-state index is 13.3. The predicted octanol–water partition coefficient (Wildman–Crippen LogP) is 1.52. The van der Waals surface area contributed by atoms with Crippen molar-refractivity contribution in [2.75, 3.05) is 12.3 Å². The number of hydrogen-bond donors (Lipinski definition) is 1. The fourth-order valence-corrected chi connectivity index (χ4v) is 6.94. The summed E-state index contributed by atoms with van der Waals surface area (Å²) in [6, 6.07) is 2.02. The van der Waals surface area contributed by atoms with Crippen LogP contribution in [0.3, 0.4) is 0 Å². The Hall–Kier alpha value is -2.00. The number of nitrogens with one attached hydrogen (secondary N) is 1. The number of amides is 1. The van der Waals surface area contributed by atoms with Crippen molar-refractivity contribution in [3.63, 3.8) is 0 Å². The molecule has 1 N–H and O–H groups in total. The van der Waals surface area contributed by atoms with Gasteiger partial charge in [0.15, 0.2) is 0 Å². The molecular formula is C18H23N5O3S. The van der Waals surface area contributed by atoms with Crippen LogP contribution in [0.1, 0.15) is 49.0 Å². The van der Waals surface area contributed by atoms with E-state index in [4.69, 9.17) is 0 Å². The summed E-state index contributed by atoms with van der Waals surface area (Å²) >= 11 is 0. The van der Waals surface area contributed by atoms with Crippen LogP contribution in [0.4, 0.5) is 0 Å². The molecular weight excluding hydrogens is 366 g/mol. The Kier molecular flexibility index (Phi) is 3.98. The number of carbonyl (C=O) groups excluding carboxylic acids is 1. The third-order valence-electron chi connectivity index (χ3n) is 6.29. The molecule has 9 heteroatoms. The third kappa shape index (κ3) is 2.75. The highest BCUT2D eigenvalue weighted by Gasteiger charge is 2.47. The van der Waals surface area contributed by atoms with E-state index in [1.165, 1.54) is 6.33 Å². The fraction of sp³-hybridized carbons (Fsp3) is 0.611. The van der Waals surface area contributed by atoms with Gasteiger partial charge in [-0.3, -0.25) is 4.79 Å². The number of fused-ring (bicyclic) bond motifs is 3. The van der Waals surface area contributed by atoms with Gasteiger partial charge in [-0.05, 0) is 44.6 Å². The molecule has 0 radical (unpaired) electrons. The predicted molar refractivity (Wildman–Crippen MR) is 99.6 cm³/mol. The summed E-state index contributed by atoms with van der Waals surface area (Å²) < 4.78 is 26.7. The van der Waals surface area contributed by atoms with Gasteiger partial charge in [-0.25, -0.2) is 18.4 Å². The maximum atomic E-state index is 13.3. The minimum atomic E-state index is -3.15. The molecule has 2 unspecified atom stereocenters. The van der Waals surface area contributed by atoms with Gasteiger partial charge in [0.1, 0.15) is 17.7 Å². The Balaban J connectivity index is 1.41. The number of aromatic nitrogens is 3. The van der Waals surface area contributed by atoms with Crippen LogP contribution in [0.15, 0.2) is 18.6 Å². The van der Waals surface area contributed by atoms with Crippen LogP contribution < -0.4 is 0 Å². The van der Waals surface area contributed by atoms with Crippen LogP contribution >= 0.6 is 0 Å². The van der Waals surface area contributed by atoms with E-state index in [2.05, 4.69) is 15.0 Å². The Morgan fingerprint density at radius 3 is 2.63 bits per heavy atom. The van der Waals surface area contributed by atoms with Crippen molar-refractivity contribution in [3.8, 4) is 0 Å². The second-order valence-corrected chi connectivity index (χ2v) is 9.86. The molecule has 3 aliphatic heterocycles. The van der Waals surface area contributed by atoms with Crippen molar-refractivity contribution >= 4 is 27.0 Å². The SMILES string of the molecule is O=C(c1ncnc2[nH]ccc12)N1C2CCC1CC(N1CCCCS1(=O)=O)C2. The van der Waals surface area contributed by atoms with Crippen LogP contribution in [0.2, 0.25) is 0 Å². The van der Waals surface area contributed by atoms with Crippen molar-refractivity contribution in [1.82, 2.24) is 24.2 Å². The average molecular weight is 389 g/mol. The highest BCUT2D eigenvalue weighted by Crippen LogP contribution is 2.40. The van der Waals surface area contributed by atoms with Crippen LogP contribution in [0, 0.1) is 0 Å². The molecule has 0 saturated carbocycles. The highest BCUT2D eigenvalue weighted by molar-refractivity contribution is 7.89. The lowest BCUT2D eigenvalue weighted by Crippen LogP contribution is -2.55. The van der Waals surface area contributed by atoms with Crippen LogP contribution in [-0.2, 0) is 10.0 Å². The van der Waals surface area contributed by atoms with E-state index in [1.54, 1.807) is 10.5 Å². The minimum absolute atomic E-state index is 0.0227. The van der Waals surface area contributed by atoms with Gasteiger partial charge in [-0.2, -0.15) is 4.31 Å². The Labute approximate surface area is 158 Å². The first-order valence-corrected chi connectivity index (χ1v) is 11.3. The summed E-state index contributed by atoms with van der Waals surface area (Å²) in [5.41, 5.74) is 1.09. The van der Waals surface area contributed by atoms with Crippen molar-refractivity contribution in [2.45, 2.75) is 56.7 Å². The molecule has 8 nitrogen and oxygen atoms in total. The summed E-state index contributed by atoms with van der Waals surface area (Å²) in [7, 11) is -3.15. The van der Waals surface area contributed by atoms with Gasteiger partial charge in [0, 0.05) is 30.9 Å². The van der Waals surface area contributed by atoms with E-state index in [0.29, 0.717) is 17.9 Å². The van der Waals surface area contributed by atoms with Crippen molar-refractivity contribution in [1.29, 1.82) is 0 Å². The van der Waals surface area contributed by atoms with Gasteiger partial charge in [0.05, 0.1) is 11.1 Å². The maximum Gasteiger partial charge on any atom is 0.273 e. The normalized spacial score (nSPS) is 30.7. The lowest BCUT2D eigenvalue weighted by molar-refractivity contribution is 0.0495. The molecule has 5 rings (SSSR count). The molecule has 5 heterocycles. The molecule has 0 aliphatic carbocycles. The Morgan fingerprint density at radius 2 is 1.89 bits per heavy atom. The molecule has 3 saturated heterocycles. The topological polar surface area (TPSA) is 99.3 Å². The quantitative estimate of drug-likeness (QED) is 0.839. The van der Waals surface area contributed by atoms with Gasteiger partial charge >= 0.3 is 0 Å². The number of carbonyl (C=O) groups is 1. The van der Waals surface area contributed by atoms with E-state index in [0.717, 1.165) is 43.9 Å². The van der Waals surface area contributed by atoms with E-state index >= 15 is 0 Å². The van der Waals surface area contributed by atoms with E-state index in [1.807, 2.05) is 11.0 Å². The van der Waals surface area contributed by atoms with Crippen molar-refractivity contribution < 1.29 is 13.2 Å².